The van der Waals surface area contributed by atoms with Crippen molar-refractivity contribution in [1.29, 1.82) is 0 Å². The third-order valence-corrected chi connectivity index (χ3v) is 0. The topological polar surface area (TPSA) is 0 Å². The van der Waals surface area contributed by atoms with Crippen LogP contribution in [0.25, 0.3) is 0 Å². The Labute approximate surface area is 37.8 Å². The molecule has 0 aliphatic carbocycles. The molecular formula is BkCl3. The minimum absolute atomic E-state index is 2.07. The first-order valence-corrected chi connectivity index (χ1v) is 10.6. The van der Waals surface area contributed by atoms with Gasteiger partial charge >= 0.3 is 37.2 Å². The molecule has 4 heteroatoms. The first-order chi connectivity index (χ1) is 1.73. The van der Waals surface area contributed by atoms with E-state index in [1.807, 2.05) is 0 Å². The van der Waals surface area contributed by atoms with Gasteiger partial charge in [0.15, 0.2) is 0 Å². The van der Waals surface area contributed by atoms with Crippen molar-refractivity contribution >= 4 is 37.2 Å². The fourth-order valence-electron chi connectivity index (χ4n) is 0. The van der Waals surface area contributed by atoms with E-state index in [0.29, 0.717) is 0 Å². The van der Waals surface area contributed by atoms with Crippen molar-refractivity contribution in [2.24, 2.45) is 0 Å². The Bertz CT molecular complexity index is 8.00. The van der Waals surface area contributed by atoms with Crippen LogP contribution in [0.5, 0.6) is 0 Å². The molecule has 4 heavy (non-hydrogen) atoms. The molecule has 0 unspecified atom stereocenters. The van der Waals surface area contributed by atoms with Crippen molar-refractivity contribution in [3.8, 4) is 0 Å². The average molecular weight is 353 g/mol. The van der Waals surface area contributed by atoms with E-state index >= 15 is 0 Å². The van der Waals surface area contributed by atoms with Gasteiger partial charge in [-0.15, -0.1) is 0 Å². The molecule has 30 valence electrons. The van der Waals surface area contributed by atoms with Crippen LogP contribution in [0.15, 0.2) is 0 Å². The zero-order valence-electron chi connectivity index (χ0n) is 1.47. The Morgan fingerprint density at radius 3 is 1.00 bits per heavy atom. The van der Waals surface area contributed by atoms with Crippen LogP contribution in [-0.2, 0) is 0 Å². The van der Waals surface area contributed by atoms with E-state index in [1.165, 1.54) is 0 Å². The maximum atomic E-state index is 4.99. The van der Waals surface area contributed by atoms with Crippen LogP contribution in [0.2, 0.25) is 0 Å². The SMILES string of the molecule is [Cl][Bk]([Cl])[Cl]. The van der Waals surface area contributed by atoms with Gasteiger partial charge in [-0.2, -0.15) is 0 Å². The van der Waals surface area contributed by atoms with Crippen LogP contribution in [-0.4, -0.2) is 0 Å². The second-order valence-corrected chi connectivity index (χ2v) is 12.0. The quantitative estimate of drug-likeness (QED) is 0.626. The molecule has 0 aromatic heterocycles. The van der Waals surface area contributed by atoms with Crippen molar-refractivity contribution < 1.29 is 0 Å². The first-order valence-electron chi connectivity index (χ1n) is 0.378. The second kappa shape index (κ2) is 1.22. The predicted molar refractivity (Wildman–Crippen MR) is 17.6 cm³/mol. The summed E-state index contributed by atoms with van der Waals surface area (Å²) < 4.78 is -2.07. The molecule has 0 saturated heterocycles. The molecule has 0 heterocycles. The van der Waals surface area contributed by atoms with Gasteiger partial charge in [-0.25, -0.2) is 0 Å². The third kappa shape index (κ3) is 83.8. The Hall–Kier alpha value is -0.130. The average Bonchev–Trinajstić information content (AvgIpc) is 0.811. The van der Waals surface area contributed by atoms with Crippen LogP contribution >= 0.6 is 37.2 Å². The normalized spacial score (nSPS) is 6.75. The van der Waals surface area contributed by atoms with Crippen LogP contribution in [0.1, 0.15) is 0 Å². The van der Waals surface area contributed by atoms with E-state index in [2.05, 4.69) is 0 Å². The van der Waals surface area contributed by atoms with Gasteiger partial charge in [0.05, 0.1) is 0 Å². The van der Waals surface area contributed by atoms with Crippen LogP contribution in [0.3, 0.4) is 0 Å². The molecule has 0 saturated carbocycles. The summed E-state index contributed by atoms with van der Waals surface area (Å²) in [6, 6.07) is 0. The maximum absolute atomic E-state index is 4.99. The summed E-state index contributed by atoms with van der Waals surface area (Å²) in [4.78, 5) is 0. The Balaban J connectivity index is 2.32. The van der Waals surface area contributed by atoms with Gasteiger partial charge in [0.1, 0.15) is 0 Å². The number of hydrogen-bond acceptors (Lipinski definition) is 0. The first kappa shape index (κ1) is 3.87. The fourth-order valence-corrected chi connectivity index (χ4v) is 0. The van der Waals surface area contributed by atoms with E-state index < -0.39 is 0 Å². The second-order valence-electron chi connectivity index (χ2n) is 0.143. The third-order valence-electron chi connectivity index (χ3n) is 0. The van der Waals surface area contributed by atoms with Gasteiger partial charge in [0, 0.05) is 0 Å². The number of hydrogen-bond donors (Lipinski definition) is 0. The van der Waals surface area contributed by atoms with Crippen LogP contribution in [0.4, 0.5) is 0 Å². The standard InChI is InChI=1S/Bk.3ClH/h;3*1H/q+3;;;/p-3. The molecule has 0 aromatic rings. The Kier molecular flexibility index (Phi) is 1.18. The molecule has 0 aliphatic rings. The van der Waals surface area contributed by atoms with E-state index in [4.69, 9.17) is 37.2 Å². The minimum atomic E-state index is -2.07. The summed E-state index contributed by atoms with van der Waals surface area (Å²) in [5.74, 6) is 0. The molecule has 0 atom stereocenters. The molecule has 0 bridgehead atoms. The molecule has 0 rings (SSSR count). The number of rotatable bonds is 0. The molecule has 0 radical (unpaired) electrons. The summed E-state index contributed by atoms with van der Waals surface area (Å²) in [6.45, 7) is 0. The van der Waals surface area contributed by atoms with Gasteiger partial charge < -0.3 is 0 Å². The summed E-state index contributed by atoms with van der Waals surface area (Å²) in [5.41, 5.74) is 0. The zero-order chi connectivity index (χ0) is 3.58. The van der Waals surface area contributed by atoms with E-state index in [-0.39, 0.29) is 0 Å². The predicted octanol–water partition coefficient (Wildman–Crippen LogP) is 2.07. The Morgan fingerprint density at radius 2 is 1.00 bits per heavy atom. The van der Waals surface area contributed by atoms with Crippen molar-refractivity contribution in [3.05, 3.63) is 0 Å². The van der Waals surface area contributed by atoms with Gasteiger partial charge in [-0.3, -0.25) is 0 Å². The van der Waals surface area contributed by atoms with E-state index in [1.54, 1.807) is 0 Å². The van der Waals surface area contributed by atoms with Crippen LogP contribution in [0, 0.1) is 0 Å². The van der Waals surface area contributed by atoms with Crippen molar-refractivity contribution in [2.45, 2.75) is 0 Å². The molecular weight excluding hydrogens is 353 g/mol. The monoisotopic (exact) mass is 352 g/mol. The molecule has 0 N–H and O–H groups in total. The van der Waals surface area contributed by atoms with Crippen molar-refractivity contribution in [1.82, 2.24) is 0 Å². The Morgan fingerprint density at radius 1 is 1.00 bits per heavy atom. The molecule has 0 fully saturated rings. The number of halogens is 3. The van der Waals surface area contributed by atoms with Crippen molar-refractivity contribution in [3.63, 3.8) is 0 Å². The van der Waals surface area contributed by atoms with Crippen LogP contribution < -0.4 is 0 Å². The van der Waals surface area contributed by atoms with Gasteiger partial charge in [0.25, 0.3) is 0 Å². The zero-order valence-corrected chi connectivity index (χ0v) is 6.51. The summed E-state index contributed by atoms with van der Waals surface area (Å²) in [7, 11) is 0. The molecule has 0 aromatic carbocycles. The fraction of sp³-hybridized carbons (Fsp3) is 0. The summed E-state index contributed by atoms with van der Waals surface area (Å²) >= 11 is 15.0. The van der Waals surface area contributed by atoms with Gasteiger partial charge in [0.2, 0.25) is 0 Å². The molecule has 0 nitrogen and oxygen atoms in total. The van der Waals surface area contributed by atoms with E-state index in [9.17, 15) is 0 Å². The molecule has 0 amide bonds. The molecule has 0 aliphatic heterocycles. The van der Waals surface area contributed by atoms with Gasteiger partial charge in [-0.1, -0.05) is 0 Å². The van der Waals surface area contributed by atoms with E-state index in [0.717, 1.165) is 0 Å². The summed E-state index contributed by atoms with van der Waals surface area (Å²) in [6.07, 6.45) is 0. The molecule has 0 spiro atoms. The van der Waals surface area contributed by atoms with Crippen molar-refractivity contribution in [2.75, 3.05) is 0 Å². The van der Waals surface area contributed by atoms with Gasteiger partial charge in [-0.05, 0) is 0 Å². The summed E-state index contributed by atoms with van der Waals surface area (Å²) in [5, 5.41) is 0.